The van der Waals surface area contributed by atoms with Gasteiger partial charge in [-0.1, -0.05) is 30.7 Å². The fourth-order valence-electron chi connectivity index (χ4n) is 1.80. The fourth-order valence-corrected chi connectivity index (χ4v) is 5.33. The highest BCUT2D eigenvalue weighted by Gasteiger charge is 2.21. The van der Waals surface area contributed by atoms with Gasteiger partial charge in [-0.2, -0.15) is 0 Å². The van der Waals surface area contributed by atoms with Gasteiger partial charge in [0, 0.05) is 11.1 Å². The maximum absolute atomic E-state index is 12.3. The normalized spacial score (nSPS) is 13.3. The Balaban J connectivity index is 2.26. The molecular weight excluding hydrogens is 382 g/mol. The molecule has 0 bridgehead atoms. The summed E-state index contributed by atoms with van der Waals surface area (Å²) in [7, 11) is -3.52. The highest BCUT2D eigenvalue weighted by Crippen LogP contribution is 2.28. The van der Waals surface area contributed by atoms with Crippen LogP contribution in [-0.4, -0.2) is 8.42 Å². The van der Waals surface area contributed by atoms with Crippen LogP contribution in [0.15, 0.2) is 44.4 Å². The molecule has 1 aromatic carbocycles. The molecule has 0 radical (unpaired) electrons. The summed E-state index contributed by atoms with van der Waals surface area (Å²) in [5.74, 6) is 0. The van der Waals surface area contributed by atoms with Crippen LogP contribution < -0.4 is 4.72 Å². The second-order valence-electron chi connectivity index (χ2n) is 4.20. The van der Waals surface area contributed by atoms with E-state index in [4.69, 9.17) is 11.6 Å². The van der Waals surface area contributed by atoms with Crippen molar-refractivity contribution < 1.29 is 8.42 Å². The zero-order valence-electron chi connectivity index (χ0n) is 10.6. The van der Waals surface area contributed by atoms with Crippen LogP contribution >= 0.6 is 38.9 Å². The SMILES string of the molecule is CCC(NS(=O)(=O)c1ccc(Br)s1)c1cccc(Cl)c1. The molecule has 0 saturated carbocycles. The van der Waals surface area contributed by atoms with Crippen LogP contribution in [-0.2, 0) is 10.0 Å². The van der Waals surface area contributed by atoms with Gasteiger partial charge in [-0.25, -0.2) is 13.1 Å². The summed E-state index contributed by atoms with van der Waals surface area (Å²) in [5.41, 5.74) is 0.860. The van der Waals surface area contributed by atoms with Crippen LogP contribution in [0.3, 0.4) is 0 Å². The monoisotopic (exact) mass is 393 g/mol. The molecule has 0 aliphatic carbocycles. The first kappa shape index (κ1) is 16.0. The third-order valence-electron chi connectivity index (χ3n) is 2.77. The van der Waals surface area contributed by atoms with Crippen molar-refractivity contribution in [2.24, 2.45) is 0 Å². The molecule has 3 nitrogen and oxygen atoms in total. The van der Waals surface area contributed by atoms with Crippen LogP contribution in [0.4, 0.5) is 0 Å². The van der Waals surface area contributed by atoms with E-state index in [1.807, 2.05) is 19.1 Å². The first-order chi connectivity index (χ1) is 9.42. The Kier molecular flexibility index (Phi) is 5.25. The van der Waals surface area contributed by atoms with Crippen LogP contribution in [0.1, 0.15) is 24.9 Å². The molecule has 1 unspecified atom stereocenters. The van der Waals surface area contributed by atoms with Crippen molar-refractivity contribution in [1.29, 1.82) is 0 Å². The zero-order chi connectivity index (χ0) is 14.8. The van der Waals surface area contributed by atoms with E-state index >= 15 is 0 Å². The Hall–Kier alpha value is -0.400. The zero-order valence-corrected chi connectivity index (χ0v) is 14.6. The molecule has 7 heteroatoms. The van der Waals surface area contributed by atoms with Crippen LogP contribution in [0.2, 0.25) is 5.02 Å². The topological polar surface area (TPSA) is 46.2 Å². The molecule has 0 aliphatic rings. The van der Waals surface area contributed by atoms with Gasteiger partial charge in [0.05, 0.1) is 3.79 Å². The van der Waals surface area contributed by atoms with Gasteiger partial charge >= 0.3 is 0 Å². The average Bonchev–Trinajstić information content (AvgIpc) is 2.83. The summed E-state index contributed by atoms with van der Waals surface area (Å²) in [5, 5.41) is 0.596. The lowest BCUT2D eigenvalue weighted by Crippen LogP contribution is -2.27. The maximum atomic E-state index is 12.3. The summed E-state index contributed by atoms with van der Waals surface area (Å²) >= 11 is 10.4. The van der Waals surface area contributed by atoms with Gasteiger partial charge in [-0.15, -0.1) is 11.3 Å². The minimum absolute atomic E-state index is 0.292. The smallest absolute Gasteiger partial charge is 0.206 e. The number of sulfonamides is 1. The highest BCUT2D eigenvalue weighted by molar-refractivity contribution is 9.11. The second kappa shape index (κ2) is 6.58. The number of thiophene rings is 1. The lowest BCUT2D eigenvalue weighted by molar-refractivity contribution is 0.552. The Bertz CT molecular complexity index is 700. The van der Waals surface area contributed by atoms with Gasteiger partial charge in [0.15, 0.2) is 0 Å². The molecule has 108 valence electrons. The Morgan fingerprint density at radius 3 is 2.65 bits per heavy atom. The lowest BCUT2D eigenvalue weighted by Gasteiger charge is -2.17. The summed E-state index contributed by atoms with van der Waals surface area (Å²) in [6, 6.07) is 10.2. The van der Waals surface area contributed by atoms with E-state index in [1.54, 1.807) is 24.3 Å². The molecule has 1 heterocycles. The average molecular weight is 395 g/mol. The van der Waals surface area contributed by atoms with Crippen molar-refractivity contribution in [3.63, 3.8) is 0 Å². The van der Waals surface area contributed by atoms with Crippen LogP contribution in [0.25, 0.3) is 0 Å². The van der Waals surface area contributed by atoms with Gasteiger partial charge < -0.3 is 0 Å². The molecule has 1 aromatic heterocycles. The van der Waals surface area contributed by atoms with Gasteiger partial charge in [0.2, 0.25) is 0 Å². The summed E-state index contributed by atoms with van der Waals surface area (Å²) in [4.78, 5) is 0. The van der Waals surface area contributed by atoms with Gasteiger partial charge in [-0.3, -0.25) is 0 Å². The predicted molar refractivity (Wildman–Crippen MR) is 86.8 cm³/mol. The third-order valence-corrected chi connectivity index (χ3v) is 6.59. The van der Waals surface area contributed by atoms with Gasteiger partial charge in [0.1, 0.15) is 4.21 Å². The maximum Gasteiger partial charge on any atom is 0.250 e. The van der Waals surface area contributed by atoms with E-state index in [0.29, 0.717) is 15.7 Å². The molecule has 0 amide bonds. The molecule has 1 N–H and O–H groups in total. The first-order valence-electron chi connectivity index (χ1n) is 5.95. The standard InChI is InChI=1S/C13H13BrClNO2S2/c1-2-11(9-4-3-5-10(15)8-9)16-20(17,18)13-7-6-12(14)19-13/h3-8,11,16H,2H2,1H3. The summed E-state index contributed by atoms with van der Waals surface area (Å²) in [6.45, 7) is 1.93. The van der Waals surface area contributed by atoms with E-state index in [-0.39, 0.29) is 6.04 Å². The number of rotatable bonds is 5. The molecule has 0 fully saturated rings. The number of nitrogens with one attached hydrogen (secondary N) is 1. The minimum Gasteiger partial charge on any atom is -0.206 e. The minimum atomic E-state index is -3.52. The van der Waals surface area contributed by atoms with Gasteiger partial charge in [-0.05, 0) is 52.2 Å². The number of halogens is 2. The Morgan fingerprint density at radius 1 is 1.35 bits per heavy atom. The van der Waals surface area contributed by atoms with E-state index in [1.165, 1.54) is 11.3 Å². The van der Waals surface area contributed by atoms with Crippen molar-refractivity contribution in [3.05, 3.63) is 50.8 Å². The molecular formula is C13H13BrClNO2S2. The fraction of sp³-hybridized carbons (Fsp3) is 0.231. The number of hydrogen-bond acceptors (Lipinski definition) is 3. The summed E-state index contributed by atoms with van der Waals surface area (Å²) < 4.78 is 28.4. The van der Waals surface area contributed by atoms with E-state index in [0.717, 1.165) is 9.35 Å². The van der Waals surface area contributed by atoms with E-state index in [9.17, 15) is 8.42 Å². The van der Waals surface area contributed by atoms with Crippen LogP contribution in [0, 0.1) is 0 Å². The Morgan fingerprint density at radius 2 is 2.10 bits per heavy atom. The molecule has 0 saturated heterocycles. The predicted octanol–water partition coefficient (Wildman–Crippen LogP) is 4.59. The molecule has 20 heavy (non-hydrogen) atoms. The number of hydrogen-bond donors (Lipinski definition) is 1. The van der Waals surface area contributed by atoms with Crippen molar-refractivity contribution in [2.45, 2.75) is 23.6 Å². The molecule has 0 aliphatic heterocycles. The molecule has 1 atom stereocenters. The van der Waals surface area contributed by atoms with Gasteiger partial charge in [0.25, 0.3) is 10.0 Å². The molecule has 0 spiro atoms. The number of benzene rings is 1. The first-order valence-corrected chi connectivity index (χ1v) is 9.42. The van der Waals surface area contributed by atoms with Crippen LogP contribution in [0.5, 0.6) is 0 Å². The van der Waals surface area contributed by atoms with Crippen molar-refractivity contribution >= 4 is 48.9 Å². The quantitative estimate of drug-likeness (QED) is 0.806. The van der Waals surface area contributed by atoms with E-state index < -0.39 is 10.0 Å². The van der Waals surface area contributed by atoms with Crippen molar-refractivity contribution in [2.75, 3.05) is 0 Å². The molecule has 2 aromatic rings. The van der Waals surface area contributed by atoms with Crippen molar-refractivity contribution in [1.82, 2.24) is 4.72 Å². The summed E-state index contributed by atoms with van der Waals surface area (Å²) in [6.07, 6.45) is 0.645. The third kappa shape index (κ3) is 3.83. The Labute approximate surface area is 136 Å². The van der Waals surface area contributed by atoms with E-state index in [2.05, 4.69) is 20.7 Å². The second-order valence-corrected chi connectivity index (χ2v) is 9.04. The lowest BCUT2D eigenvalue weighted by atomic mass is 10.1. The largest absolute Gasteiger partial charge is 0.250 e. The van der Waals surface area contributed by atoms with Crippen molar-refractivity contribution in [3.8, 4) is 0 Å². The molecule has 2 rings (SSSR count). The highest BCUT2D eigenvalue weighted by atomic mass is 79.9.